The molecule has 0 unspecified atom stereocenters. The monoisotopic (exact) mass is 263 g/mol. The minimum atomic E-state index is -0.817. The van der Waals surface area contributed by atoms with Gasteiger partial charge in [-0.2, -0.15) is 0 Å². The van der Waals surface area contributed by atoms with Gasteiger partial charge in [-0.05, 0) is 18.4 Å². The molecule has 19 heavy (non-hydrogen) atoms. The van der Waals surface area contributed by atoms with E-state index in [4.69, 9.17) is 5.11 Å². The molecule has 1 aromatic carbocycles. The topological polar surface area (TPSA) is 57.6 Å². The average molecular weight is 263 g/mol. The summed E-state index contributed by atoms with van der Waals surface area (Å²) in [5, 5.41) is 8.65. The van der Waals surface area contributed by atoms with E-state index in [0.717, 1.165) is 12.0 Å². The largest absolute Gasteiger partial charge is 0.481 e. The highest BCUT2D eigenvalue weighted by molar-refractivity contribution is 5.76. The van der Waals surface area contributed by atoms with Gasteiger partial charge in [0.1, 0.15) is 0 Å². The molecule has 1 amide bonds. The minimum Gasteiger partial charge on any atom is -0.481 e. The van der Waals surface area contributed by atoms with Crippen molar-refractivity contribution in [3.8, 4) is 0 Å². The fraction of sp³-hybridized carbons (Fsp3) is 0.467. The Labute approximate surface area is 114 Å². The number of rotatable bonds is 8. The number of hydrogen-bond acceptors (Lipinski definition) is 2. The number of carbonyl (C=O) groups is 2. The third-order valence-electron chi connectivity index (χ3n) is 2.85. The van der Waals surface area contributed by atoms with E-state index in [9.17, 15) is 9.59 Å². The van der Waals surface area contributed by atoms with Crippen molar-refractivity contribution in [3.05, 3.63) is 35.9 Å². The predicted octanol–water partition coefficient (Wildman–Crippen LogP) is 2.68. The van der Waals surface area contributed by atoms with Gasteiger partial charge in [-0.25, -0.2) is 0 Å². The molecule has 0 aliphatic rings. The zero-order valence-corrected chi connectivity index (χ0v) is 11.3. The zero-order chi connectivity index (χ0) is 14.1. The number of nitrogens with zero attached hydrogens (tertiary/aromatic N) is 1. The van der Waals surface area contributed by atoms with Crippen LogP contribution >= 0.6 is 0 Å². The number of carbonyl (C=O) groups excluding carboxylic acids is 1. The SMILES string of the molecule is CCCC(=O)N(CCCC(=O)O)Cc1ccccc1. The van der Waals surface area contributed by atoms with E-state index < -0.39 is 5.97 Å². The Morgan fingerprint density at radius 3 is 2.42 bits per heavy atom. The number of amides is 1. The van der Waals surface area contributed by atoms with Crippen LogP contribution in [0.4, 0.5) is 0 Å². The van der Waals surface area contributed by atoms with E-state index >= 15 is 0 Å². The van der Waals surface area contributed by atoms with Crippen molar-refractivity contribution in [3.63, 3.8) is 0 Å². The Balaban J connectivity index is 2.58. The first-order chi connectivity index (χ1) is 9.13. The van der Waals surface area contributed by atoms with Gasteiger partial charge in [0.15, 0.2) is 0 Å². The molecule has 0 fully saturated rings. The lowest BCUT2D eigenvalue weighted by Gasteiger charge is -2.22. The molecule has 0 atom stereocenters. The molecular formula is C15H21NO3. The third-order valence-corrected chi connectivity index (χ3v) is 2.85. The highest BCUT2D eigenvalue weighted by atomic mass is 16.4. The van der Waals surface area contributed by atoms with Crippen LogP contribution < -0.4 is 0 Å². The quantitative estimate of drug-likeness (QED) is 0.784. The van der Waals surface area contributed by atoms with E-state index in [-0.39, 0.29) is 12.3 Å². The molecule has 1 rings (SSSR count). The van der Waals surface area contributed by atoms with Crippen molar-refractivity contribution in [2.75, 3.05) is 6.54 Å². The van der Waals surface area contributed by atoms with Gasteiger partial charge in [0.25, 0.3) is 0 Å². The summed E-state index contributed by atoms with van der Waals surface area (Å²) in [6.45, 7) is 3.02. The highest BCUT2D eigenvalue weighted by Gasteiger charge is 2.13. The van der Waals surface area contributed by atoms with Crippen LogP contribution in [-0.2, 0) is 16.1 Å². The van der Waals surface area contributed by atoms with Crippen LogP contribution in [-0.4, -0.2) is 28.4 Å². The van der Waals surface area contributed by atoms with Crippen LogP contribution in [0.25, 0.3) is 0 Å². The Kier molecular flexibility index (Phi) is 6.64. The molecular weight excluding hydrogens is 242 g/mol. The summed E-state index contributed by atoms with van der Waals surface area (Å²) in [5.41, 5.74) is 1.07. The fourth-order valence-electron chi connectivity index (χ4n) is 1.89. The molecule has 1 aromatic rings. The van der Waals surface area contributed by atoms with Gasteiger partial charge in [0, 0.05) is 25.9 Å². The molecule has 4 nitrogen and oxygen atoms in total. The predicted molar refractivity (Wildman–Crippen MR) is 73.6 cm³/mol. The van der Waals surface area contributed by atoms with Crippen LogP contribution in [0.3, 0.4) is 0 Å². The fourth-order valence-corrected chi connectivity index (χ4v) is 1.89. The molecule has 0 saturated heterocycles. The standard InChI is InChI=1S/C15H21NO3/c1-2-7-14(17)16(11-6-10-15(18)19)12-13-8-4-3-5-9-13/h3-5,8-9H,2,6-7,10-12H2,1H3,(H,18,19). The van der Waals surface area contributed by atoms with Gasteiger partial charge in [-0.1, -0.05) is 37.3 Å². The maximum Gasteiger partial charge on any atom is 0.303 e. The number of hydrogen-bond donors (Lipinski definition) is 1. The lowest BCUT2D eigenvalue weighted by molar-refractivity contribution is -0.138. The van der Waals surface area contributed by atoms with Crippen LogP contribution in [0.2, 0.25) is 0 Å². The van der Waals surface area contributed by atoms with Crippen molar-refractivity contribution in [1.82, 2.24) is 4.90 Å². The van der Waals surface area contributed by atoms with E-state index in [0.29, 0.717) is 25.9 Å². The molecule has 0 radical (unpaired) electrons. The van der Waals surface area contributed by atoms with Crippen LogP contribution in [0, 0.1) is 0 Å². The average Bonchev–Trinajstić information content (AvgIpc) is 2.38. The molecule has 1 N–H and O–H groups in total. The zero-order valence-electron chi connectivity index (χ0n) is 11.3. The summed E-state index contributed by atoms with van der Waals surface area (Å²) in [6, 6.07) is 9.77. The van der Waals surface area contributed by atoms with Crippen molar-refractivity contribution in [2.45, 2.75) is 39.2 Å². The van der Waals surface area contributed by atoms with E-state index in [1.54, 1.807) is 4.90 Å². The van der Waals surface area contributed by atoms with Crippen molar-refractivity contribution in [1.29, 1.82) is 0 Å². The third kappa shape index (κ3) is 6.04. The van der Waals surface area contributed by atoms with Gasteiger partial charge in [-0.15, -0.1) is 0 Å². The van der Waals surface area contributed by atoms with Crippen LogP contribution in [0.15, 0.2) is 30.3 Å². The van der Waals surface area contributed by atoms with Crippen LogP contribution in [0.5, 0.6) is 0 Å². The van der Waals surface area contributed by atoms with Gasteiger partial charge in [-0.3, -0.25) is 9.59 Å². The van der Waals surface area contributed by atoms with Crippen molar-refractivity contribution >= 4 is 11.9 Å². The first-order valence-corrected chi connectivity index (χ1v) is 6.67. The summed E-state index contributed by atoms with van der Waals surface area (Å²) >= 11 is 0. The summed E-state index contributed by atoms with van der Waals surface area (Å²) in [4.78, 5) is 24.3. The maximum atomic E-state index is 12.0. The number of carboxylic acids is 1. The molecule has 0 aromatic heterocycles. The Morgan fingerprint density at radius 2 is 1.84 bits per heavy atom. The summed E-state index contributed by atoms with van der Waals surface area (Å²) in [6.07, 6.45) is 1.92. The molecule has 0 heterocycles. The van der Waals surface area contributed by atoms with Crippen molar-refractivity contribution in [2.24, 2.45) is 0 Å². The molecule has 4 heteroatoms. The summed E-state index contributed by atoms with van der Waals surface area (Å²) < 4.78 is 0. The molecule has 104 valence electrons. The second kappa shape index (κ2) is 8.29. The first kappa shape index (κ1) is 15.2. The second-order valence-corrected chi connectivity index (χ2v) is 4.55. The molecule has 0 spiro atoms. The highest BCUT2D eigenvalue weighted by Crippen LogP contribution is 2.08. The smallest absolute Gasteiger partial charge is 0.303 e. The molecule has 0 bridgehead atoms. The van der Waals surface area contributed by atoms with E-state index in [2.05, 4.69) is 0 Å². The lowest BCUT2D eigenvalue weighted by atomic mass is 10.2. The molecule has 0 saturated carbocycles. The van der Waals surface area contributed by atoms with Gasteiger partial charge in [0.05, 0.1) is 0 Å². The van der Waals surface area contributed by atoms with E-state index in [1.165, 1.54) is 0 Å². The van der Waals surface area contributed by atoms with Crippen molar-refractivity contribution < 1.29 is 14.7 Å². The first-order valence-electron chi connectivity index (χ1n) is 6.67. The number of carboxylic acid groups (broad SMARTS) is 1. The second-order valence-electron chi connectivity index (χ2n) is 4.55. The van der Waals surface area contributed by atoms with Gasteiger partial charge in [0.2, 0.25) is 5.91 Å². The number of aliphatic carboxylic acids is 1. The molecule has 0 aliphatic carbocycles. The lowest BCUT2D eigenvalue weighted by Crippen LogP contribution is -2.31. The van der Waals surface area contributed by atoms with Gasteiger partial charge >= 0.3 is 5.97 Å². The summed E-state index contributed by atoms with van der Waals surface area (Å²) in [5.74, 6) is -0.723. The van der Waals surface area contributed by atoms with Gasteiger partial charge < -0.3 is 10.0 Å². The molecule has 0 aliphatic heterocycles. The Morgan fingerprint density at radius 1 is 1.16 bits per heavy atom. The normalized spacial score (nSPS) is 10.2. The minimum absolute atomic E-state index is 0.0942. The Bertz CT molecular complexity index is 403. The van der Waals surface area contributed by atoms with Crippen LogP contribution in [0.1, 0.15) is 38.2 Å². The maximum absolute atomic E-state index is 12.0. The summed E-state index contributed by atoms with van der Waals surface area (Å²) in [7, 11) is 0. The Hall–Kier alpha value is -1.84. The van der Waals surface area contributed by atoms with E-state index in [1.807, 2.05) is 37.3 Å². The number of benzene rings is 1.